The van der Waals surface area contributed by atoms with Crippen molar-refractivity contribution in [2.24, 2.45) is 0 Å². The smallest absolute Gasteiger partial charge is 0.272 e. The molecular weight excluding hydrogens is 272 g/mol. The average Bonchev–Trinajstić information content (AvgIpc) is 2.92. The van der Waals surface area contributed by atoms with Gasteiger partial charge in [0.1, 0.15) is 24.7 Å². The highest BCUT2D eigenvalue weighted by Gasteiger charge is 2.21. The predicted molar refractivity (Wildman–Crippen MR) is 72.7 cm³/mol. The minimum atomic E-state index is -0.204. The number of carbonyl (C=O) groups excluding carboxylic acids is 1. The molecule has 3 rings (SSSR count). The van der Waals surface area contributed by atoms with E-state index >= 15 is 0 Å². The zero-order chi connectivity index (χ0) is 14.7. The van der Waals surface area contributed by atoms with E-state index < -0.39 is 0 Å². The van der Waals surface area contributed by atoms with E-state index in [0.717, 1.165) is 16.9 Å². The van der Waals surface area contributed by atoms with E-state index in [-0.39, 0.29) is 19.1 Å². The van der Waals surface area contributed by atoms with Crippen LogP contribution in [-0.2, 0) is 34.1 Å². The van der Waals surface area contributed by atoms with E-state index in [4.69, 9.17) is 14.1 Å². The van der Waals surface area contributed by atoms with E-state index in [1.165, 1.54) is 5.06 Å². The zero-order valence-electron chi connectivity index (χ0n) is 11.7. The summed E-state index contributed by atoms with van der Waals surface area (Å²) < 4.78 is 10.3. The summed E-state index contributed by atoms with van der Waals surface area (Å²) >= 11 is 0. The molecule has 1 aliphatic heterocycles. The molecule has 0 aliphatic carbocycles. The van der Waals surface area contributed by atoms with Crippen LogP contribution in [0.2, 0.25) is 0 Å². The van der Waals surface area contributed by atoms with Gasteiger partial charge in [0, 0.05) is 6.07 Å². The summed E-state index contributed by atoms with van der Waals surface area (Å²) in [7, 11) is 0. The van der Waals surface area contributed by atoms with Gasteiger partial charge in [0.25, 0.3) is 5.91 Å². The van der Waals surface area contributed by atoms with Gasteiger partial charge in [-0.15, -0.1) is 0 Å². The van der Waals surface area contributed by atoms with Crippen molar-refractivity contribution >= 4 is 5.91 Å². The van der Waals surface area contributed by atoms with Crippen molar-refractivity contribution in [2.75, 3.05) is 6.61 Å². The summed E-state index contributed by atoms with van der Waals surface area (Å²) in [5.41, 5.74) is 2.88. The predicted octanol–water partition coefficient (Wildman–Crippen LogP) is 1.97. The number of hydrogen-bond acceptors (Lipinski definition) is 5. The van der Waals surface area contributed by atoms with Crippen molar-refractivity contribution in [3.8, 4) is 0 Å². The lowest BCUT2D eigenvalue weighted by Crippen LogP contribution is -2.36. The third-order valence-corrected chi connectivity index (χ3v) is 3.24. The van der Waals surface area contributed by atoms with E-state index in [1.54, 1.807) is 13.0 Å². The fourth-order valence-electron chi connectivity index (χ4n) is 2.16. The van der Waals surface area contributed by atoms with Crippen molar-refractivity contribution in [3.63, 3.8) is 0 Å². The summed E-state index contributed by atoms with van der Waals surface area (Å²) in [6.45, 7) is 2.86. The number of amides is 1. The number of aromatic nitrogens is 1. The molecule has 0 N–H and O–H groups in total. The Morgan fingerprint density at radius 1 is 1.38 bits per heavy atom. The normalized spacial score (nSPS) is 14.0. The number of aryl methyl sites for hydroxylation is 1. The van der Waals surface area contributed by atoms with Crippen molar-refractivity contribution in [2.45, 2.75) is 26.7 Å². The number of fused-ring (bicyclic) bond motifs is 1. The molecule has 110 valence electrons. The summed E-state index contributed by atoms with van der Waals surface area (Å²) in [5, 5.41) is 5.14. The van der Waals surface area contributed by atoms with Crippen LogP contribution in [0.15, 0.2) is 34.9 Å². The number of hydrogen-bond donors (Lipinski definition) is 0. The van der Waals surface area contributed by atoms with Gasteiger partial charge in [-0.3, -0.25) is 9.63 Å². The second-order valence-corrected chi connectivity index (χ2v) is 4.89. The fraction of sp³-hybridized carbons (Fsp3) is 0.333. The Labute approximate surface area is 122 Å². The monoisotopic (exact) mass is 288 g/mol. The second-order valence-electron chi connectivity index (χ2n) is 4.89. The Balaban J connectivity index is 1.50. The summed E-state index contributed by atoms with van der Waals surface area (Å²) in [5.74, 6) is 0.514. The maximum Gasteiger partial charge on any atom is 0.272 e. The maximum atomic E-state index is 12.0. The molecule has 0 atom stereocenters. The van der Waals surface area contributed by atoms with Crippen LogP contribution in [0.25, 0.3) is 0 Å². The Kier molecular flexibility index (Phi) is 3.98. The fourth-order valence-corrected chi connectivity index (χ4v) is 2.16. The number of rotatable bonds is 4. The lowest BCUT2D eigenvalue weighted by atomic mass is 10.1. The van der Waals surface area contributed by atoms with Crippen LogP contribution >= 0.6 is 0 Å². The minimum Gasteiger partial charge on any atom is -0.365 e. The lowest BCUT2D eigenvalue weighted by Gasteiger charge is -2.27. The molecule has 2 aromatic rings. The molecule has 0 radical (unpaired) electrons. The van der Waals surface area contributed by atoms with Gasteiger partial charge >= 0.3 is 0 Å². The standard InChI is InChI=1S/C15H16N2O4/c1-11-6-14(16-21-11)9-19-10-15(18)17-7-12-4-2-3-5-13(12)8-20-17/h2-6H,7-10H2,1H3. The van der Waals surface area contributed by atoms with Gasteiger partial charge in [-0.05, 0) is 18.1 Å². The molecule has 1 aliphatic rings. The molecule has 2 heterocycles. The van der Waals surface area contributed by atoms with Gasteiger partial charge in [0.05, 0.1) is 13.2 Å². The zero-order valence-corrected chi connectivity index (χ0v) is 11.7. The first-order valence-electron chi connectivity index (χ1n) is 6.72. The minimum absolute atomic E-state index is 0.0475. The van der Waals surface area contributed by atoms with Gasteiger partial charge < -0.3 is 9.26 Å². The first-order chi connectivity index (χ1) is 10.2. The van der Waals surface area contributed by atoms with Crippen molar-refractivity contribution < 1.29 is 18.9 Å². The molecule has 0 fully saturated rings. The van der Waals surface area contributed by atoms with E-state index in [1.807, 2.05) is 24.3 Å². The highest BCUT2D eigenvalue weighted by atomic mass is 16.7. The van der Waals surface area contributed by atoms with Crippen LogP contribution in [0.5, 0.6) is 0 Å². The lowest BCUT2D eigenvalue weighted by molar-refractivity contribution is -0.205. The molecule has 1 amide bonds. The molecule has 0 bridgehead atoms. The number of carbonyl (C=O) groups is 1. The van der Waals surface area contributed by atoms with Crippen LogP contribution in [-0.4, -0.2) is 22.7 Å². The third-order valence-electron chi connectivity index (χ3n) is 3.24. The highest BCUT2D eigenvalue weighted by Crippen LogP contribution is 2.19. The van der Waals surface area contributed by atoms with Gasteiger partial charge in [0.15, 0.2) is 0 Å². The van der Waals surface area contributed by atoms with Gasteiger partial charge in [-0.2, -0.15) is 0 Å². The van der Waals surface area contributed by atoms with Crippen LogP contribution in [0.4, 0.5) is 0 Å². The SMILES string of the molecule is Cc1cc(COCC(=O)N2Cc3ccccc3CO2)no1. The first-order valence-corrected chi connectivity index (χ1v) is 6.72. The van der Waals surface area contributed by atoms with Gasteiger partial charge in [-0.25, -0.2) is 5.06 Å². The van der Waals surface area contributed by atoms with Crippen molar-refractivity contribution in [3.05, 3.63) is 52.9 Å². The van der Waals surface area contributed by atoms with Gasteiger partial charge in [0.2, 0.25) is 0 Å². The maximum absolute atomic E-state index is 12.0. The van der Waals surface area contributed by atoms with Crippen LogP contribution in [0, 0.1) is 6.92 Å². The number of nitrogens with zero attached hydrogens (tertiary/aromatic N) is 2. The molecule has 6 nitrogen and oxygen atoms in total. The van der Waals surface area contributed by atoms with E-state index in [0.29, 0.717) is 18.8 Å². The van der Waals surface area contributed by atoms with Gasteiger partial charge in [-0.1, -0.05) is 29.4 Å². The van der Waals surface area contributed by atoms with Crippen molar-refractivity contribution in [1.29, 1.82) is 0 Å². The molecule has 0 spiro atoms. The topological polar surface area (TPSA) is 64.8 Å². The molecule has 0 saturated carbocycles. The Morgan fingerprint density at radius 2 is 2.19 bits per heavy atom. The molecule has 1 aromatic carbocycles. The molecule has 1 aromatic heterocycles. The molecule has 0 saturated heterocycles. The Morgan fingerprint density at radius 3 is 2.95 bits per heavy atom. The quantitative estimate of drug-likeness (QED) is 0.860. The van der Waals surface area contributed by atoms with Crippen LogP contribution in [0.1, 0.15) is 22.6 Å². The van der Waals surface area contributed by atoms with Crippen LogP contribution in [0.3, 0.4) is 0 Å². The number of ether oxygens (including phenoxy) is 1. The highest BCUT2D eigenvalue weighted by molar-refractivity contribution is 5.76. The molecular formula is C15H16N2O4. The van der Waals surface area contributed by atoms with Crippen molar-refractivity contribution in [1.82, 2.24) is 10.2 Å². The number of hydroxylamine groups is 2. The second kappa shape index (κ2) is 6.07. The Hall–Kier alpha value is -2.18. The summed E-state index contributed by atoms with van der Waals surface area (Å²) in [4.78, 5) is 17.5. The molecule has 6 heteroatoms. The van der Waals surface area contributed by atoms with E-state index in [2.05, 4.69) is 5.16 Å². The number of benzene rings is 1. The summed E-state index contributed by atoms with van der Waals surface area (Å²) in [6.07, 6.45) is 0. The first kappa shape index (κ1) is 13.8. The third kappa shape index (κ3) is 3.29. The largest absolute Gasteiger partial charge is 0.365 e. The Bertz CT molecular complexity index is 638. The molecule has 21 heavy (non-hydrogen) atoms. The molecule has 0 unspecified atom stereocenters. The average molecular weight is 288 g/mol. The summed E-state index contributed by atoms with van der Waals surface area (Å²) in [6, 6.07) is 9.69. The van der Waals surface area contributed by atoms with E-state index in [9.17, 15) is 4.79 Å². The van der Waals surface area contributed by atoms with Crippen LogP contribution < -0.4 is 0 Å².